The summed E-state index contributed by atoms with van der Waals surface area (Å²) in [7, 11) is 0. The maximum Gasteiger partial charge on any atom is 0.271 e. The smallest absolute Gasteiger partial charge is 0.271 e. The number of amides is 2. The molecule has 8 nitrogen and oxygen atoms in total. The standard InChI is InChI=1S/C18H22N4O4S/c23-15-9-12(10-22(15)13-1-6-26-7-2-13)17(24)19-4-5-21-11-20-14-3-8-27-16(14)18(21)25/h3,8,11-13H,1-2,4-7,9-10H2,(H,19,24). The lowest BCUT2D eigenvalue weighted by atomic mass is 10.1. The fraction of sp³-hybridized carbons (Fsp3) is 0.556. The molecule has 1 N–H and O–H groups in total. The minimum Gasteiger partial charge on any atom is -0.381 e. The number of likely N-dealkylation sites (tertiary alicyclic amines) is 1. The first kappa shape index (κ1) is 18.1. The second-order valence-corrected chi connectivity index (χ2v) is 7.88. The predicted molar refractivity (Wildman–Crippen MR) is 101 cm³/mol. The monoisotopic (exact) mass is 390 g/mol. The third-order valence-electron chi connectivity index (χ3n) is 5.25. The van der Waals surface area contributed by atoms with Crippen molar-refractivity contribution < 1.29 is 14.3 Å². The van der Waals surface area contributed by atoms with Gasteiger partial charge >= 0.3 is 0 Å². The normalized spacial score (nSPS) is 21.1. The maximum absolute atomic E-state index is 12.4. The number of hydrogen-bond donors (Lipinski definition) is 1. The van der Waals surface area contributed by atoms with Crippen LogP contribution in [0.5, 0.6) is 0 Å². The van der Waals surface area contributed by atoms with Crippen LogP contribution in [0.2, 0.25) is 0 Å². The summed E-state index contributed by atoms with van der Waals surface area (Å²) in [4.78, 5) is 43.2. The Hall–Kier alpha value is -2.26. The first-order valence-electron chi connectivity index (χ1n) is 9.21. The van der Waals surface area contributed by atoms with Gasteiger partial charge in [0.1, 0.15) is 4.70 Å². The van der Waals surface area contributed by atoms with E-state index >= 15 is 0 Å². The zero-order chi connectivity index (χ0) is 18.8. The lowest BCUT2D eigenvalue weighted by molar-refractivity contribution is -0.131. The minimum absolute atomic E-state index is 0.0469. The highest BCUT2D eigenvalue weighted by molar-refractivity contribution is 7.17. The van der Waals surface area contributed by atoms with E-state index in [0.29, 0.717) is 43.1 Å². The van der Waals surface area contributed by atoms with Crippen LogP contribution < -0.4 is 10.9 Å². The molecule has 2 amide bonds. The summed E-state index contributed by atoms with van der Waals surface area (Å²) in [6, 6.07) is 2.00. The molecule has 2 saturated heterocycles. The first-order valence-corrected chi connectivity index (χ1v) is 10.1. The molecule has 2 aliphatic heterocycles. The van der Waals surface area contributed by atoms with Gasteiger partial charge in [-0.1, -0.05) is 0 Å². The van der Waals surface area contributed by atoms with Crippen LogP contribution in [-0.4, -0.2) is 58.6 Å². The number of rotatable bonds is 5. The van der Waals surface area contributed by atoms with E-state index in [1.54, 1.807) is 0 Å². The number of nitrogens with one attached hydrogen (secondary N) is 1. The second-order valence-electron chi connectivity index (χ2n) is 6.96. The number of carbonyl (C=O) groups is 2. The highest BCUT2D eigenvalue weighted by Gasteiger charge is 2.38. The number of thiophene rings is 1. The molecule has 27 heavy (non-hydrogen) atoms. The molecule has 4 rings (SSSR count). The van der Waals surface area contributed by atoms with Gasteiger partial charge in [0.2, 0.25) is 11.8 Å². The zero-order valence-corrected chi connectivity index (χ0v) is 15.7. The molecule has 1 atom stereocenters. The van der Waals surface area contributed by atoms with Gasteiger partial charge in [0.05, 0.1) is 17.8 Å². The molecule has 0 bridgehead atoms. The summed E-state index contributed by atoms with van der Waals surface area (Å²) in [5.41, 5.74) is 0.606. The van der Waals surface area contributed by atoms with Crippen molar-refractivity contribution in [3.63, 3.8) is 0 Å². The van der Waals surface area contributed by atoms with Crippen LogP contribution in [0, 0.1) is 5.92 Å². The van der Waals surface area contributed by atoms with E-state index in [1.165, 1.54) is 22.2 Å². The van der Waals surface area contributed by atoms with E-state index in [-0.39, 0.29) is 35.8 Å². The van der Waals surface area contributed by atoms with E-state index in [2.05, 4.69) is 10.3 Å². The molecule has 0 radical (unpaired) electrons. The maximum atomic E-state index is 12.4. The quantitative estimate of drug-likeness (QED) is 0.807. The van der Waals surface area contributed by atoms with E-state index in [9.17, 15) is 14.4 Å². The number of ether oxygens (including phenoxy) is 1. The number of hydrogen-bond acceptors (Lipinski definition) is 6. The topological polar surface area (TPSA) is 93.5 Å². The van der Waals surface area contributed by atoms with Crippen molar-refractivity contribution in [2.75, 3.05) is 26.3 Å². The third kappa shape index (κ3) is 3.74. The Bertz CT molecular complexity index is 902. The molecule has 0 saturated carbocycles. The summed E-state index contributed by atoms with van der Waals surface area (Å²) in [6.07, 6.45) is 3.43. The summed E-state index contributed by atoms with van der Waals surface area (Å²) >= 11 is 1.37. The summed E-state index contributed by atoms with van der Waals surface area (Å²) in [5, 5.41) is 4.70. The molecule has 9 heteroatoms. The first-order chi connectivity index (χ1) is 13.1. The highest BCUT2D eigenvalue weighted by atomic mass is 32.1. The fourth-order valence-electron chi connectivity index (χ4n) is 3.74. The van der Waals surface area contributed by atoms with E-state index in [0.717, 1.165) is 12.8 Å². The Labute approximate surface area is 160 Å². The Morgan fingerprint density at radius 1 is 1.33 bits per heavy atom. The molecule has 1 unspecified atom stereocenters. The lowest BCUT2D eigenvalue weighted by Gasteiger charge is -2.31. The van der Waals surface area contributed by atoms with Gasteiger partial charge in [-0.25, -0.2) is 4.98 Å². The molecule has 0 spiro atoms. The van der Waals surface area contributed by atoms with Crippen molar-refractivity contribution >= 4 is 33.4 Å². The van der Waals surface area contributed by atoms with Crippen LogP contribution in [-0.2, 0) is 20.9 Å². The molecule has 4 heterocycles. The van der Waals surface area contributed by atoms with Crippen molar-refractivity contribution in [1.29, 1.82) is 0 Å². The molecule has 2 aliphatic rings. The lowest BCUT2D eigenvalue weighted by Crippen LogP contribution is -2.41. The Morgan fingerprint density at radius 2 is 2.15 bits per heavy atom. The molecule has 144 valence electrons. The van der Waals surface area contributed by atoms with Crippen LogP contribution in [0.25, 0.3) is 10.2 Å². The second kappa shape index (κ2) is 7.77. The van der Waals surface area contributed by atoms with Crippen molar-refractivity contribution in [2.24, 2.45) is 5.92 Å². The Kier molecular flexibility index (Phi) is 5.22. The number of carbonyl (C=O) groups excluding carboxylic acids is 2. The zero-order valence-electron chi connectivity index (χ0n) is 14.9. The molecule has 2 fully saturated rings. The van der Waals surface area contributed by atoms with E-state index in [1.807, 2.05) is 16.3 Å². The SMILES string of the molecule is O=C(NCCn1cnc2ccsc2c1=O)C1CC(=O)N(C2CCOCC2)C1. The van der Waals surface area contributed by atoms with Gasteiger partial charge < -0.3 is 15.0 Å². The fourth-order valence-corrected chi connectivity index (χ4v) is 4.53. The van der Waals surface area contributed by atoms with Crippen LogP contribution in [0.4, 0.5) is 0 Å². The van der Waals surface area contributed by atoms with Crippen LogP contribution in [0.15, 0.2) is 22.6 Å². The van der Waals surface area contributed by atoms with Crippen molar-refractivity contribution in [2.45, 2.75) is 31.8 Å². The Balaban J connectivity index is 1.31. The van der Waals surface area contributed by atoms with Gasteiger partial charge in [0.15, 0.2) is 0 Å². The van der Waals surface area contributed by atoms with Crippen LogP contribution >= 0.6 is 11.3 Å². The van der Waals surface area contributed by atoms with E-state index < -0.39 is 0 Å². The van der Waals surface area contributed by atoms with Gasteiger partial charge in [0, 0.05) is 45.3 Å². The van der Waals surface area contributed by atoms with Gasteiger partial charge in [0.25, 0.3) is 5.56 Å². The minimum atomic E-state index is -0.324. The average Bonchev–Trinajstić information content (AvgIpc) is 3.31. The van der Waals surface area contributed by atoms with Crippen LogP contribution in [0.3, 0.4) is 0 Å². The van der Waals surface area contributed by atoms with Gasteiger partial charge in [-0.05, 0) is 24.3 Å². The highest BCUT2D eigenvalue weighted by Crippen LogP contribution is 2.25. The summed E-state index contributed by atoms with van der Waals surface area (Å²) in [5.74, 6) is -0.406. The average molecular weight is 390 g/mol. The van der Waals surface area contributed by atoms with Gasteiger partial charge in [-0.2, -0.15) is 0 Å². The molecular weight excluding hydrogens is 368 g/mol. The molecule has 2 aromatic heterocycles. The van der Waals surface area contributed by atoms with Crippen LogP contribution in [0.1, 0.15) is 19.3 Å². The molecule has 2 aromatic rings. The third-order valence-corrected chi connectivity index (χ3v) is 6.14. The van der Waals surface area contributed by atoms with Crippen molar-refractivity contribution in [3.8, 4) is 0 Å². The Morgan fingerprint density at radius 3 is 2.96 bits per heavy atom. The molecule has 0 aliphatic carbocycles. The number of aromatic nitrogens is 2. The molecular formula is C18H22N4O4S. The largest absolute Gasteiger partial charge is 0.381 e. The summed E-state index contributed by atoms with van der Waals surface area (Å²) < 4.78 is 7.48. The molecule has 0 aromatic carbocycles. The van der Waals surface area contributed by atoms with Crippen molar-refractivity contribution in [3.05, 3.63) is 28.1 Å². The number of fused-ring (bicyclic) bond motifs is 1. The van der Waals surface area contributed by atoms with Crippen molar-refractivity contribution in [1.82, 2.24) is 19.8 Å². The number of nitrogens with zero attached hydrogens (tertiary/aromatic N) is 3. The van der Waals surface area contributed by atoms with Gasteiger partial charge in [-0.15, -0.1) is 11.3 Å². The van der Waals surface area contributed by atoms with E-state index in [4.69, 9.17) is 4.74 Å². The predicted octanol–water partition coefficient (Wildman–Crippen LogP) is 0.602. The summed E-state index contributed by atoms with van der Waals surface area (Å²) in [6.45, 7) is 2.50. The van der Waals surface area contributed by atoms with Gasteiger partial charge in [-0.3, -0.25) is 19.0 Å².